The SMILES string of the molecule is CCOCCc1noc(-c2ccnc(CN)c2)n1. The Kier molecular flexibility index (Phi) is 4.38. The Bertz CT molecular complexity index is 498. The fourth-order valence-electron chi connectivity index (χ4n) is 1.50. The van der Waals surface area contributed by atoms with Crippen molar-refractivity contribution in [3.05, 3.63) is 29.8 Å². The molecular weight excluding hydrogens is 232 g/mol. The van der Waals surface area contributed by atoms with E-state index in [0.717, 1.165) is 11.3 Å². The van der Waals surface area contributed by atoms with Gasteiger partial charge in [0.2, 0.25) is 0 Å². The molecule has 0 atom stereocenters. The van der Waals surface area contributed by atoms with Crippen LogP contribution in [0.4, 0.5) is 0 Å². The second kappa shape index (κ2) is 6.23. The van der Waals surface area contributed by atoms with Crippen molar-refractivity contribution in [3.63, 3.8) is 0 Å². The Morgan fingerprint density at radius 1 is 1.44 bits per heavy atom. The Balaban J connectivity index is 2.08. The molecule has 0 amide bonds. The van der Waals surface area contributed by atoms with Gasteiger partial charge in [-0.15, -0.1) is 0 Å². The largest absolute Gasteiger partial charge is 0.381 e. The lowest BCUT2D eigenvalue weighted by Crippen LogP contribution is -2.00. The maximum atomic E-state index is 5.54. The summed E-state index contributed by atoms with van der Waals surface area (Å²) in [5, 5.41) is 3.90. The first-order chi connectivity index (χ1) is 8.83. The minimum atomic E-state index is 0.388. The van der Waals surface area contributed by atoms with E-state index in [1.54, 1.807) is 6.20 Å². The monoisotopic (exact) mass is 248 g/mol. The van der Waals surface area contributed by atoms with Crippen LogP contribution in [0.15, 0.2) is 22.9 Å². The summed E-state index contributed by atoms with van der Waals surface area (Å²) in [5.74, 6) is 1.13. The number of ether oxygens (including phenoxy) is 1. The van der Waals surface area contributed by atoms with E-state index in [-0.39, 0.29) is 0 Å². The highest BCUT2D eigenvalue weighted by atomic mass is 16.5. The highest BCUT2D eigenvalue weighted by Crippen LogP contribution is 2.17. The number of hydrogen-bond acceptors (Lipinski definition) is 6. The number of pyridine rings is 1. The third-order valence-corrected chi connectivity index (χ3v) is 2.41. The molecule has 2 rings (SSSR count). The van der Waals surface area contributed by atoms with Gasteiger partial charge < -0.3 is 15.0 Å². The quantitative estimate of drug-likeness (QED) is 0.772. The molecule has 6 nitrogen and oxygen atoms in total. The Morgan fingerprint density at radius 2 is 2.33 bits per heavy atom. The van der Waals surface area contributed by atoms with Gasteiger partial charge in [-0.2, -0.15) is 4.98 Å². The zero-order valence-electron chi connectivity index (χ0n) is 10.3. The number of hydrogen-bond donors (Lipinski definition) is 1. The average Bonchev–Trinajstić information content (AvgIpc) is 2.88. The van der Waals surface area contributed by atoms with Crippen molar-refractivity contribution in [3.8, 4) is 11.5 Å². The highest BCUT2D eigenvalue weighted by Gasteiger charge is 2.09. The van der Waals surface area contributed by atoms with E-state index < -0.39 is 0 Å². The lowest BCUT2D eigenvalue weighted by atomic mass is 10.2. The molecule has 2 heterocycles. The van der Waals surface area contributed by atoms with Crippen LogP contribution in [0, 0.1) is 0 Å². The Morgan fingerprint density at radius 3 is 3.11 bits per heavy atom. The minimum Gasteiger partial charge on any atom is -0.381 e. The summed E-state index contributed by atoms with van der Waals surface area (Å²) >= 11 is 0. The molecule has 2 aromatic rings. The van der Waals surface area contributed by atoms with Crippen LogP contribution in [0.1, 0.15) is 18.4 Å². The van der Waals surface area contributed by atoms with Gasteiger partial charge in [0.25, 0.3) is 5.89 Å². The second-order valence-electron chi connectivity index (χ2n) is 3.70. The predicted octanol–water partition coefficient (Wildman–Crippen LogP) is 1.17. The molecule has 0 unspecified atom stereocenters. The molecule has 0 spiro atoms. The van der Waals surface area contributed by atoms with Gasteiger partial charge in [-0.3, -0.25) is 4.98 Å². The van der Waals surface area contributed by atoms with Crippen LogP contribution in [0.3, 0.4) is 0 Å². The van der Waals surface area contributed by atoms with Gasteiger partial charge >= 0.3 is 0 Å². The summed E-state index contributed by atoms with van der Waals surface area (Å²) in [6, 6.07) is 3.67. The average molecular weight is 248 g/mol. The van der Waals surface area contributed by atoms with E-state index in [9.17, 15) is 0 Å². The van der Waals surface area contributed by atoms with Crippen LogP contribution in [0.25, 0.3) is 11.5 Å². The third kappa shape index (κ3) is 3.12. The van der Waals surface area contributed by atoms with Gasteiger partial charge in [0.1, 0.15) is 0 Å². The van der Waals surface area contributed by atoms with Gasteiger partial charge in [-0.25, -0.2) is 0 Å². The van der Waals surface area contributed by atoms with Crippen molar-refractivity contribution >= 4 is 0 Å². The fraction of sp³-hybridized carbons (Fsp3) is 0.417. The molecule has 0 radical (unpaired) electrons. The molecular formula is C12H16N4O2. The van der Waals surface area contributed by atoms with E-state index in [1.165, 1.54) is 0 Å². The molecule has 0 aromatic carbocycles. The lowest BCUT2D eigenvalue weighted by Gasteiger charge is -1.97. The summed E-state index contributed by atoms with van der Waals surface area (Å²) in [5.41, 5.74) is 7.16. The van der Waals surface area contributed by atoms with Crippen LogP contribution < -0.4 is 5.73 Å². The molecule has 0 bridgehead atoms. The fourth-order valence-corrected chi connectivity index (χ4v) is 1.50. The molecule has 6 heteroatoms. The van der Waals surface area contributed by atoms with Crippen LogP contribution in [-0.4, -0.2) is 28.3 Å². The molecule has 0 aliphatic carbocycles. The number of nitrogens with zero attached hydrogens (tertiary/aromatic N) is 3. The first-order valence-electron chi connectivity index (χ1n) is 5.89. The lowest BCUT2D eigenvalue weighted by molar-refractivity contribution is 0.149. The maximum absolute atomic E-state index is 5.54. The van der Waals surface area contributed by atoms with Crippen LogP contribution in [-0.2, 0) is 17.7 Å². The predicted molar refractivity (Wildman–Crippen MR) is 65.6 cm³/mol. The summed E-state index contributed by atoms with van der Waals surface area (Å²) in [6.45, 7) is 3.63. The van der Waals surface area contributed by atoms with Crippen molar-refractivity contribution in [1.29, 1.82) is 0 Å². The molecule has 0 saturated heterocycles. The van der Waals surface area contributed by atoms with Crippen molar-refractivity contribution in [2.45, 2.75) is 19.9 Å². The van der Waals surface area contributed by atoms with Gasteiger partial charge in [0.05, 0.1) is 12.3 Å². The molecule has 0 saturated carbocycles. The van der Waals surface area contributed by atoms with Crippen molar-refractivity contribution < 1.29 is 9.26 Å². The topological polar surface area (TPSA) is 87.1 Å². The zero-order chi connectivity index (χ0) is 12.8. The molecule has 0 aliphatic heterocycles. The molecule has 0 fully saturated rings. The van der Waals surface area contributed by atoms with Gasteiger partial charge in [0.15, 0.2) is 5.82 Å². The third-order valence-electron chi connectivity index (χ3n) is 2.41. The van der Waals surface area contributed by atoms with Crippen molar-refractivity contribution in [2.24, 2.45) is 5.73 Å². The first kappa shape index (κ1) is 12.7. The first-order valence-corrected chi connectivity index (χ1v) is 5.89. The van der Waals surface area contributed by atoms with Gasteiger partial charge in [-0.1, -0.05) is 5.16 Å². The summed E-state index contributed by atoms with van der Waals surface area (Å²) in [6.07, 6.45) is 2.33. The summed E-state index contributed by atoms with van der Waals surface area (Å²) < 4.78 is 10.4. The van der Waals surface area contributed by atoms with E-state index in [4.69, 9.17) is 15.0 Å². The van der Waals surface area contributed by atoms with Crippen molar-refractivity contribution in [2.75, 3.05) is 13.2 Å². The van der Waals surface area contributed by atoms with Crippen molar-refractivity contribution in [1.82, 2.24) is 15.1 Å². The Hall–Kier alpha value is -1.79. The number of aromatic nitrogens is 3. The smallest absolute Gasteiger partial charge is 0.258 e. The number of nitrogens with two attached hydrogens (primary N) is 1. The van der Waals surface area contributed by atoms with Gasteiger partial charge in [-0.05, 0) is 19.1 Å². The standard InChI is InChI=1S/C12H16N4O2/c1-2-17-6-4-11-15-12(18-16-11)9-3-5-14-10(7-9)8-13/h3,5,7H,2,4,6,8,13H2,1H3. The maximum Gasteiger partial charge on any atom is 0.258 e. The number of rotatable bonds is 6. The molecule has 18 heavy (non-hydrogen) atoms. The molecule has 2 N–H and O–H groups in total. The van der Waals surface area contributed by atoms with E-state index in [0.29, 0.717) is 37.9 Å². The van der Waals surface area contributed by atoms with Gasteiger partial charge in [0, 0.05) is 31.3 Å². The van der Waals surface area contributed by atoms with E-state index >= 15 is 0 Å². The summed E-state index contributed by atoms with van der Waals surface area (Å²) in [7, 11) is 0. The van der Waals surface area contributed by atoms with Crippen LogP contribution >= 0.6 is 0 Å². The van der Waals surface area contributed by atoms with Crippen LogP contribution in [0.2, 0.25) is 0 Å². The molecule has 2 aromatic heterocycles. The summed E-state index contributed by atoms with van der Waals surface area (Å²) in [4.78, 5) is 8.42. The van der Waals surface area contributed by atoms with E-state index in [2.05, 4.69) is 15.1 Å². The second-order valence-corrected chi connectivity index (χ2v) is 3.70. The van der Waals surface area contributed by atoms with E-state index in [1.807, 2.05) is 19.1 Å². The Labute approximate surface area is 105 Å². The normalized spacial score (nSPS) is 10.8. The molecule has 0 aliphatic rings. The van der Waals surface area contributed by atoms with Crippen LogP contribution in [0.5, 0.6) is 0 Å². The zero-order valence-corrected chi connectivity index (χ0v) is 10.3. The highest BCUT2D eigenvalue weighted by molar-refractivity contribution is 5.52. The molecule has 96 valence electrons. The minimum absolute atomic E-state index is 0.388.